The lowest BCUT2D eigenvalue weighted by Gasteiger charge is -2.38. The number of hydrogen-bond donors (Lipinski definition) is 0. The zero-order valence-electron chi connectivity index (χ0n) is 16.3. The average molecular weight is 429 g/mol. The summed E-state index contributed by atoms with van der Waals surface area (Å²) < 4.78 is 0. The molecule has 29 heavy (non-hydrogen) atoms. The van der Waals surface area contributed by atoms with Gasteiger partial charge in [-0.25, -0.2) is 0 Å². The Morgan fingerprint density at radius 3 is 2.41 bits per heavy atom. The summed E-state index contributed by atoms with van der Waals surface area (Å²) in [6.45, 7) is 1.88. The molecular formula is C23H22Cl2N2O2. The van der Waals surface area contributed by atoms with Gasteiger partial charge in [0.1, 0.15) is 11.4 Å². The van der Waals surface area contributed by atoms with Crippen molar-refractivity contribution < 1.29 is 9.59 Å². The Bertz CT molecular complexity index is 992. The first-order valence-electron chi connectivity index (χ1n) is 9.87. The van der Waals surface area contributed by atoms with Gasteiger partial charge in [0.05, 0.1) is 6.54 Å². The van der Waals surface area contributed by atoms with Crippen LogP contribution in [0.2, 0.25) is 10.0 Å². The molecular weight excluding hydrogens is 407 g/mol. The summed E-state index contributed by atoms with van der Waals surface area (Å²) in [5.74, 6) is -0.288. The number of hydrogen-bond acceptors (Lipinski definition) is 3. The van der Waals surface area contributed by atoms with Crippen molar-refractivity contribution in [1.29, 1.82) is 0 Å². The van der Waals surface area contributed by atoms with Gasteiger partial charge in [-0.05, 0) is 68.5 Å². The number of aliphatic imine (C=N–C) groups is 1. The van der Waals surface area contributed by atoms with Gasteiger partial charge in [0, 0.05) is 21.2 Å². The predicted molar refractivity (Wildman–Crippen MR) is 116 cm³/mol. The normalized spacial score (nSPS) is 18.2. The molecule has 1 aliphatic carbocycles. The summed E-state index contributed by atoms with van der Waals surface area (Å²) in [6, 6.07) is 12.3. The Morgan fingerprint density at radius 1 is 1.07 bits per heavy atom. The van der Waals surface area contributed by atoms with Crippen molar-refractivity contribution in [2.24, 2.45) is 4.99 Å². The Kier molecular flexibility index (Phi) is 5.50. The molecule has 2 aromatic carbocycles. The number of rotatable bonds is 4. The monoisotopic (exact) mass is 428 g/mol. The quantitative estimate of drug-likeness (QED) is 0.605. The third kappa shape index (κ3) is 3.84. The maximum atomic E-state index is 13.3. The fraction of sp³-hybridized carbons (Fsp3) is 0.348. The zero-order valence-corrected chi connectivity index (χ0v) is 17.8. The van der Waals surface area contributed by atoms with Crippen LogP contribution in [0.3, 0.4) is 0 Å². The Labute approximate surface area is 180 Å². The first kappa shape index (κ1) is 20.1. The molecule has 1 spiro atoms. The minimum Gasteiger partial charge on any atom is -0.305 e. The van der Waals surface area contributed by atoms with E-state index in [9.17, 15) is 9.59 Å². The van der Waals surface area contributed by atoms with Crippen LogP contribution in [0.15, 0.2) is 47.5 Å². The molecule has 0 radical (unpaired) electrons. The van der Waals surface area contributed by atoms with Crippen molar-refractivity contribution >= 4 is 40.6 Å². The van der Waals surface area contributed by atoms with Crippen LogP contribution in [0.5, 0.6) is 0 Å². The van der Waals surface area contributed by atoms with E-state index in [1.807, 2.05) is 19.1 Å². The standard InChI is InChI=1S/C23H22Cl2N2O2/c1-15-13-17(7-10-19(15)25)20(28)14-27-22(29)21(16-5-8-18(24)9-6-16)26-23(27)11-3-2-4-12-23/h5-10,13H,2-4,11-12,14H2,1H3. The minimum atomic E-state index is -0.624. The molecule has 0 unspecified atom stereocenters. The third-order valence-electron chi connectivity index (χ3n) is 5.82. The number of halogens is 2. The van der Waals surface area contributed by atoms with Gasteiger partial charge < -0.3 is 4.90 Å². The highest BCUT2D eigenvalue weighted by Crippen LogP contribution is 2.39. The summed E-state index contributed by atoms with van der Waals surface area (Å²) in [4.78, 5) is 32.9. The van der Waals surface area contributed by atoms with E-state index >= 15 is 0 Å². The van der Waals surface area contributed by atoms with E-state index in [-0.39, 0.29) is 18.2 Å². The van der Waals surface area contributed by atoms with Gasteiger partial charge in [0.25, 0.3) is 5.91 Å². The van der Waals surface area contributed by atoms with Gasteiger partial charge in [0.15, 0.2) is 5.78 Å². The predicted octanol–water partition coefficient (Wildman–Crippen LogP) is 5.48. The van der Waals surface area contributed by atoms with Crippen LogP contribution in [-0.4, -0.2) is 34.5 Å². The molecule has 0 N–H and O–H groups in total. The van der Waals surface area contributed by atoms with Gasteiger partial charge >= 0.3 is 0 Å². The van der Waals surface area contributed by atoms with E-state index in [1.54, 1.807) is 35.2 Å². The molecule has 4 rings (SSSR count). The second kappa shape index (κ2) is 7.92. The zero-order chi connectivity index (χ0) is 20.6. The molecule has 1 fully saturated rings. The molecule has 6 heteroatoms. The van der Waals surface area contributed by atoms with Crippen molar-refractivity contribution in [3.63, 3.8) is 0 Å². The molecule has 1 amide bonds. The molecule has 0 atom stereocenters. The average Bonchev–Trinajstić information content (AvgIpc) is 2.97. The summed E-state index contributed by atoms with van der Waals surface area (Å²) in [7, 11) is 0. The number of Topliss-reactive ketones (excluding diaryl/α,β-unsaturated/α-hetero) is 1. The van der Waals surface area contributed by atoms with Crippen LogP contribution in [0, 0.1) is 6.92 Å². The smallest absolute Gasteiger partial charge is 0.275 e. The number of carbonyl (C=O) groups is 2. The number of carbonyl (C=O) groups excluding carboxylic acids is 2. The molecule has 2 aromatic rings. The van der Waals surface area contributed by atoms with E-state index in [2.05, 4.69) is 0 Å². The lowest BCUT2D eigenvalue weighted by atomic mass is 9.88. The van der Waals surface area contributed by atoms with E-state index in [0.717, 1.165) is 43.2 Å². The summed E-state index contributed by atoms with van der Waals surface area (Å²) in [5.41, 5.74) is 1.94. The number of ketones is 1. The van der Waals surface area contributed by atoms with Gasteiger partial charge in [-0.15, -0.1) is 0 Å². The van der Waals surface area contributed by atoms with Crippen molar-refractivity contribution in [3.05, 3.63) is 69.2 Å². The van der Waals surface area contributed by atoms with Crippen LogP contribution in [0.25, 0.3) is 0 Å². The van der Waals surface area contributed by atoms with Gasteiger partial charge in [-0.1, -0.05) is 41.8 Å². The summed E-state index contributed by atoms with van der Waals surface area (Å²) >= 11 is 12.1. The van der Waals surface area contributed by atoms with Crippen LogP contribution < -0.4 is 0 Å². The molecule has 4 nitrogen and oxygen atoms in total. The molecule has 2 aliphatic rings. The van der Waals surface area contributed by atoms with E-state index in [1.165, 1.54) is 0 Å². The Balaban J connectivity index is 1.66. The number of aryl methyl sites for hydroxylation is 1. The molecule has 0 bridgehead atoms. The fourth-order valence-corrected chi connectivity index (χ4v) is 4.44. The molecule has 1 aliphatic heterocycles. The summed E-state index contributed by atoms with van der Waals surface area (Å²) in [6.07, 6.45) is 4.68. The highest BCUT2D eigenvalue weighted by molar-refractivity contribution is 6.47. The first-order valence-corrected chi connectivity index (χ1v) is 10.6. The topological polar surface area (TPSA) is 49.7 Å². The van der Waals surface area contributed by atoms with Crippen LogP contribution in [0.4, 0.5) is 0 Å². The van der Waals surface area contributed by atoms with Gasteiger partial charge in [0.2, 0.25) is 0 Å². The number of nitrogens with zero attached hydrogens (tertiary/aromatic N) is 2. The summed E-state index contributed by atoms with van der Waals surface area (Å²) in [5, 5.41) is 1.23. The maximum absolute atomic E-state index is 13.3. The van der Waals surface area contributed by atoms with Crippen molar-refractivity contribution in [2.75, 3.05) is 6.54 Å². The van der Waals surface area contributed by atoms with E-state index in [4.69, 9.17) is 28.2 Å². The van der Waals surface area contributed by atoms with Crippen LogP contribution >= 0.6 is 23.2 Å². The second-order valence-corrected chi connectivity index (χ2v) is 8.63. The third-order valence-corrected chi connectivity index (χ3v) is 6.50. The SMILES string of the molecule is Cc1cc(C(=O)CN2C(=O)C(c3ccc(Cl)cc3)=NC23CCCCC3)ccc1Cl. The largest absolute Gasteiger partial charge is 0.305 e. The highest BCUT2D eigenvalue weighted by Gasteiger charge is 2.48. The van der Waals surface area contributed by atoms with Crippen molar-refractivity contribution in [3.8, 4) is 0 Å². The molecule has 0 aromatic heterocycles. The second-order valence-electron chi connectivity index (χ2n) is 7.79. The highest BCUT2D eigenvalue weighted by atomic mass is 35.5. The Morgan fingerprint density at radius 2 is 1.76 bits per heavy atom. The van der Waals surface area contributed by atoms with Crippen LogP contribution in [0.1, 0.15) is 53.6 Å². The van der Waals surface area contributed by atoms with Gasteiger partial charge in [-0.2, -0.15) is 0 Å². The van der Waals surface area contributed by atoms with E-state index in [0.29, 0.717) is 21.3 Å². The molecule has 0 saturated heterocycles. The lowest BCUT2D eigenvalue weighted by Crippen LogP contribution is -2.50. The molecule has 150 valence electrons. The minimum absolute atomic E-state index is 0.0144. The number of benzene rings is 2. The fourth-order valence-electron chi connectivity index (χ4n) is 4.20. The molecule has 1 heterocycles. The van der Waals surface area contributed by atoms with Gasteiger partial charge in [-0.3, -0.25) is 14.6 Å². The lowest BCUT2D eigenvalue weighted by molar-refractivity contribution is -0.128. The molecule has 1 saturated carbocycles. The van der Waals surface area contributed by atoms with Crippen molar-refractivity contribution in [2.45, 2.75) is 44.7 Å². The first-order chi connectivity index (χ1) is 13.9. The van der Waals surface area contributed by atoms with Crippen LogP contribution in [-0.2, 0) is 4.79 Å². The number of amides is 1. The van der Waals surface area contributed by atoms with Crippen molar-refractivity contribution in [1.82, 2.24) is 4.90 Å². The van der Waals surface area contributed by atoms with E-state index < -0.39 is 5.66 Å². The maximum Gasteiger partial charge on any atom is 0.275 e. The Hall–Kier alpha value is -2.17.